The quantitative estimate of drug-likeness (QED) is 0.465. The molecular weight excluding hydrogens is 320 g/mol. The minimum absolute atomic E-state index is 0.126. The number of methoxy groups -OCH3 is 1. The Labute approximate surface area is 148 Å². The molecule has 1 atom stereocenters. The van der Waals surface area contributed by atoms with Crippen molar-refractivity contribution in [2.24, 2.45) is 0 Å². The van der Waals surface area contributed by atoms with Gasteiger partial charge in [0, 0.05) is 27.8 Å². The van der Waals surface area contributed by atoms with Gasteiger partial charge in [0.15, 0.2) is 16.9 Å². The lowest BCUT2D eigenvalue weighted by Gasteiger charge is -2.10. The van der Waals surface area contributed by atoms with E-state index in [0.717, 1.165) is 16.3 Å². The first-order valence-electron chi connectivity index (χ1n) is 8.56. The number of ether oxygens (including phenoxy) is 1. The van der Waals surface area contributed by atoms with Gasteiger partial charge in [0.1, 0.15) is 0 Å². The Hall–Kier alpha value is -2.63. The second-order valence-electron chi connectivity index (χ2n) is 4.95. The second-order valence-corrected chi connectivity index (χ2v) is 4.95. The minimum Gasteiger partial charge on any atom is -0.493 e. The zero-order valence-electron chi connectivity index (χ0n) is 15.7. The van der Waals surface area contributed by atoms with Crippen molar-refractivity contribution >= 4 is 21.9 Å². The van der Waals surface area contributed by atoms with E-state index in [1.54, 1.807) is 25.6 Å². The Balaban J connectivity index is 0.000000730. The van der Waals surface area contributed by atoms with Crippen molar-refractivity contribution in [3.05, 3.63) is 46.3 Å². The van der Waals surface area contributed by atoms with E-state index in [2.05, 4.69) is 4.98 Å². The van der Waals surface area contributed by atoms with Crippen molar-refractivity contribution in [2.45, 2.75) is 40.5 Å². The predicted octanol–water partition coefficient (Wildman–Crippen LogP) is 5.42. The molecule has 3 rings (SSSR count). The van der Waals surface area contributed by atoms with Gasteiger partial charge in [-0.15, -0.1) is 0 Å². The second kappa shape index (κ2) is 9.61. The summed E-state index contributed by atoms with van der Waals surface area (Å²) in [7, 11) is 1.57. The number of aromatic nitrogens is 1. The van der Waals surface area contributed by atoms with Gasteiger partial charge in [-0.1, -0.05) is 40.7 Å². The van der Waals surface area contributed by atoms with Crippen molar-refractivity contribution < 1.29 is 14.1 Å². The first-order valence-corrected chi connectivity index (χ1v) is 8.56. The fourth-order valence-electron chi connectivity index (χ4n) is 2.63. The Morgan fingerprint density at radius 3 is 2.52 bits per heavy atom. The maximum Gasteiger partial charge on any atom is 0.210 e. The summed E-state index contributed by atoms with van der Waals surface area (Å²) in [6, 6.07) is 5.50. The molecule has 0 aliphatic rings. The molecule has 0 N–H and O–H groups in total. The number of hydrogen-bond acceptors (Lipinski definition) is 5. The molecule has 6 heteroatoms. The monoisotopic (exact) mass is 346 g/mol. The summed E-state index contributed by atoms with van der Waals surface area (Å²) in [5.41, 5.74) is 2.13. The molecule has 0 saturated carbocycles. The summed E-state index contributed by atoms with van der Waals surface area (Å²) in [6.07, 6.45) is 3.31. The maximum absolute atomic E-state index is 10.8. The van der Waals surface area contributed by atoms with E-state index in [0.29, 0.717) is 16.9 Å². The number of benzene rings is 1. The third-order valence-electron chi connectivity index (χ3n) is 3.59. The molecular formula is C19H26N2O4. The molecule has 0 spiro atoms. The zero-order valence-corrected chi connectivity index (χ0v) is 15.7. The summed E-state index contributed by atoms with van der Waals surface area (Å²) in [5, 5.41) is 12.5. The molecule has 1 unspecified atom stereocenters. The van der Waals surface area contributed by atoms with Crippen LogP contribution in [0.2, 0.25) is 0 Å². The van der Waals surface area contributed by atoms with Crippen LogP contribution in [0.1, 0.15) is 46.1 Å². The molecule has 0 saturated heterocycles. The minimum atomic E-state index is -0.301. The molecule has 0 aliphatic carbocycles. The van der Waals surface area contributed by atoms with Gasteiger partial charge < -0.3 is 9.15 Å². The molecule has 0 fully saturated rings. The highest BCUT2D eigenvalue weighted by Crippen LogP contribution is 2.39. The van der Waals surface area contributed by atoms with Crippen molar-refractivity contribution in [3.63, 3.8) is 0 Å². The van der Waals surface area contributed by atoms with Gasteiger partial charge in [0.05, 0.1) is 13.3 Å². The van der Waals surface area contributed by atoms with E-state index in [1.807, 2.05) is 46.8 Å². The first kappa shape index (κ1) is 20.4. The zero-order chi connectivity index (χ0) is 19.0. The van der Waals surface area contributed by atoms with Crippen LogP contribution in [0.3, 0.4) is 0 Å². The molecule has 0 amide bonds. The van der Waals surface area contributed by atoms with Gasteiger partial charge in [-0.25, -0.2) is 0 Å². The van der Waals surface area contributed by atoms with Crippen LogP contribution in [0, 0.1) is 10.1 Å². The van der Waals surface area contributed by atoms with Gasteiger partial charge in [-0.2, -0.15) is 0 Å². The predicted molar refractivity (Wildman–Crippen MR) is 101 cm³/mol. The number of fused-ring (bicyclic) bond motifs is 3. The van der Waals surface area contributed by atoms with Crippen LogP contribution in [0.4, 0.5) is 0 Å². The summed E-state index contributed by atoms with van der Waals surface area (Å²) in [4.78, 5) is 14.5. The molecule has 6 nitrogen and oxygen atoms in total. The number of nitro groups is 1. The van der Waals surface area contributed by atoms with E-state index >= 15 is 0 Å². The fraction of sp³-hybridized carbons (Fsp3) is 0.421. The molecule has 0 aliphatic heterocycles. The maximum atomic E-state index is 10.8. The van der Waals surface area contributed by atoms with Gasteiger partial charge in [0.25, 0.3) is 0 Å². The lowest BCUT2D eigenvalue weighted by atomic mass is 9.95. The normalized spacial score (nSPS) is 11.1. The van der Waals surface area contributed by atoms with Crippen molar-refractivity contribution in [1.82, 2.24) is 4.98 Å². The Morgan fingerprint density at radius 2 is 1.92 bits per heavy atom. The van der Waals surface area contributed by atoms with Crippen LogP contribution >= 0.6 is 0 Å². The summed E-state index contributed by atoms with van der Waals surface area (Å²) >= 11 is 0. The summed E-state index contributed by atoms with van der Waals surface area (Å²) in [5.74, 6) is 0.389. The van der Waals surface area contributed by atoms with E-state index in [4.69, 9.17) is 9.15 Å². The Morgan fingerprint density at radius 1 is 1.24 bits per heavy atom. The smallest absolute Gasteiger partial charge is 0.210 e. The molecule has 0 bridgehead atoms. The van der Waals surface area contributed by atoms with Crippen LogP contribution in [-0.4, -0.2) is 23.6 Å². The van der Waals surface area contributed by atoms with Crippen molar-refractivity contribution in [1.29, 1.82) is 0 Å². The molecule has 2 aromatic heterocycles. The number of nitrogens with zero attached hydrogens (tertiary/aromatic N) is 2. The summed E-state index contributed by atoms with van der Waals surface area (Å²) < 4.78 is 11.1. The highest BCUT2D eigenvalue weighted by atomic mass is 16.6. The average molecular weight is 346 g/mol. The van der Waals surface area contributed by atoms with Crippen LogP contribution in [-0.2, 0) is 0 Å². The fourth-order valence-corrected chi connectivity index (χ4v) is 2.63. The average Bonchev–Trinajstić information content (AvgIpc) is 3.03. The van der Waals surface area contributed by atoms with Crippen molar-refractivity contribution in [3.8, 4) is 5.75 Å². The Bertz CT molecular complexity index is 827. The molecule has 25 heavy (non-hydrogen) atoms. The first-order chi connectivity index (χ1) is 12.1. The van der Waals surface area contributed by atoms with Gasteiger partial charge in [0.2, 0.25) is 6.54 Å². The lowest BCUT2D eigenvalue weighted by Crippen LogP contribution is -2.09. The standard InChI is InChI=1S/C15H14N2O4.2C2H6/c1-9(8-17(18)19)10-3-4-12(20-2)15-14(10)11-5-6-16-7-13(11)21-15;2*1-2/h3-7,9H,8H2,1-2H3;2*1-2H3. The van der Waals surface area contributed by atoms with Crippen LogP contribution in [0.25, 0.3) is 21.9 Å². The van der Waals surface area contributed by atoms with Crippen LogP contribution in [0.5, 0.6) is 5.75 Å². The molecule has 2 heterocycles. The van der Waals surface area contributed by atoms with Gasteiger partial charge >= 0.3 is 0 Å². The van der Waals surface area contributed by atoms with Gasteiger partial charge in [-0.05, 0) is 17.7 Å². The molecule has 136 valence electrons. The molecule has 1 aromatic carbocycles. The van der Waals surface area contributed by atoms with E-state index in [9.17, 15) is 10.1 Å². The van der Waals surface area contributed by atoms with Crippen LogP contribution < -0.4 is 4.74 Å². The van der Waals surface area contributed by atoms with E-state index < -0.39 is 0 Å². The van der Waals surface area contributed by atoms with Crippen LogP contribution in [0.15, 0.2) is 35.0 Å². The molecule has 3 aromatic rings. The van der Waals surface area contributed by atoms with E-state index in [-0.39, 0.29) is 17.4 Å². The highest BCUT2D eigenvalue weighted by Gasteiger charge is 2.21. The summed E-state index contributed by atoms with van der Waals surface area (Å²) in [6.45, 7) is 9.71. The largest absolute Gasteiger partial charge is 0.493 e. The number of rotatable bonds is 4. The number of pyridine rings is 1. The number of hydrogen-bond donors (Lipinski definition) is 0. The van der Waals surface area contributed by atoms with Gasteiger partial charge in [-0.3, -0.25) is 15.1 Å². The topological polar surface area (TPSA) is 78.4 Å². The SMILES string of the molecule is CC.CC.COc1ccc(C(C)C[N+](=O)[O-])c2c1oc1cnccc12. The third kappa shape index (κ3) is 4.26. The van der Waals surface area contributed by atoms with E-state index in [1.165, 1.54) is 0 Å². The van der Waals surface area contributed by atoms with Crippen molar-refractivity contribution in [2.75, 3.05) is 13.7 Å². The highest BCUT2D eigenvalue weighted by molar-refractivity contribution is 6.08. The molecule has 0 radical (unpaired) electrons. The Kier molecular flexibility index (Phi) is 7.85. The lowest BCUT2D eigenvalue weighted by molar-refractivity contribution is -0.482. The number of furan rings is 1. The third-order valence-corrected chi connectivity index (χ3v) is 3.59.